The van der Waals surface area contributed by atoms with Gasteiger partial charge in [-0.2, -0.15) is 0 Å². The third-order valence-electron chi connectivity index (χ3n) is 7.36. The molecule has 1 fully saturated rings. The van der Waals surface area contributed by atoms with Crippen molar-refractivity contribution in [2.75, 3.05) is 0 Å². The smallest absolute Gasteiger partial charge is 0.128 e. The van der Waals surface area contributed by atoms with Crippen molar-refractivity contribution in [3.63, 3.8) is 0 Å². The standard InChI is InChI=1S/C28H28N4/c29-28(16-6-17-28)23-13-10-20(11-14-23)26-27(21-7-2-1-3-8-21)32-19-22(12-15-25(32)31-26)24-9-4-5-18-30-24/h1-5,7,9-15,18-19,21,26-27H,6,8,16-17,29H2. The summed E-state index contributed by atoms with van der Waals surface area (Å²) < 4.78 is 0. The SMILES string of the molecule is NC1(c2ccc(C3N=C4C=CC(c5ccccn5)=CN4C3C3C=CC=CC3)cc2)CCC1. The molecule has 32 heavy (non-hydrogen) atoms. The van der Waals surface area contributed by atoms with Crippen molar-refractivity contribution in [2.45, 2.75) is 43.3 Å². The van der Waals surface area contributed by atoms with E-state index in [2.05, 4.69) is 82.9 Å². The van der Waals surface area contributed by atoms with E-state index in [0.29, 0.717) is 5.92 Å². The predicted molar refractivity (Wildman–Crippen MR) is 130 cm³/mol. The second-order valence-corrected chi connectivity index (χ2v) is 9.31. The van der Waals surface area contributed by atoms with Crippen LogP contribution in [0.25, 0.3) is 5.57 Å². The topological polar surface area (TPSA) is 54.5 Å². The normalized spacial score (nSPS) is 27.5. The first-order valence-corrected chi connectivity index (χ1v) is 11.6. The largest absolute Gasteiger partial charge is 0.326 e. The van der Waals surface area contributed by atoms with Crippen molar-refractivity contribution in [3.05, 3.63) is 108 Å². The molecule has 6 rings (SSSR count). The van der Waals surface area contributed by atoms with Gasteiger partial charge in [0.2, 0.25) is 0 Å². The number of allylic oxidation sites excluding steroid dienone is 5. The first-order chi connectivity index (χ1) is 15.7. The van der Waals surface area contributed by atoms with Gasteiger partial charge in [0.15, 0.2) is 0 Å². The number of pyridine rings is 1. The maximum atomic E-state index is 6.56. The van der Waals surface area contributed by atoms with E-state index in [-0.39, 0.29) is 17.6 Å². The number of rotatable bonds is 4. The minimum atomic E-state index is -0.128. The molecule has 3 atom stereocenters. The molecule has 0 bridgehead atoms. The molecule has 1 aromatic heterocycles. The number of aromatic nitrogens is 1. The number of aliphatic imine (C=N–C) groups is 1. The highest BCUT2D eigenvalue weighted by atomic mass is 15.3. The zero-order chi connectivity index (χ0) is 21.5. The van der Waals surface area contributed by atoms with Gasteiger partial charge in [-0.05, 0) is 61.1 Å². The van der Waals surface area contributed by atoms with Crippen molar-refractivity contribution in [1.29, 1.82) is 0 Å². The molecule has 2 N–H and O–H groups in total. The Morgan fingerprint density at radius 2 is 1.88 bits per heavy atom. The number of benzene rings is 1. The van der Waals surface area contributed by atoms with E-state index in [1.165, 1.54) is 17.5 Å². The zero-order valence-electron chi connectivity index (χ0n) is 18.1. The summed E-state index contributed by atoms with van der Waals surface area (Å²) in [5.41, 5.74) is 11.1. The maximum Gasteiger partial charge on any atom is 0.128 e. The van der Waals surface area contributed by atoms with Crippen LogP contribution in [-0.4, -0.2) is 21.8 Å². The number of nitrogens with two attached hydrogens (primary N) is 1. The van der Waals surface area contributed by atoms with Gasteiger partial charge in [0.25, 0.3) is 0 Å². The highest BCUT2D eigenvalue weighted by molar-refractivity contribution is 6.01. The van der Waals surface area contributed by atoms with E-state index in [0.717, 1.165) is 36.4 Å². The third kappa shape index (κ3) is 3.26. The van der Waals surface area contributed by atoms with Gasteiger partial charge in [-0.1, -0.05) is 54.6 Å². The molecule has 2 aromatic rings. The monoisotopic (exact) mass is 420 g/mol. The van der Waals surface area contributed by atoms with E-state index >= 15 is 0 Å². The van der Waals surface area contributed by atoms with Crippen molar-refractivity contribution in [2.24, 2.45) is 16.6 Å². The fourth-order valence-electron chi connectivity index (χ4n) is 5.34. The van der Waals surface area contributed by atoms with Crippen LogP contribution in [0.15, 0.2) is 96.3 Å². The highest BCUT2D eigenvalue weighted by Gasteiger charge is 2.41. The molecule has 4 aliphatic rings. The van der Waals surface area contributed by atoms with Gasteiger partial charge in [0.1, 0.15) is 5.84 Å². The van der Waals surface area contributed by atoms with E-state index in [1.54, 1.807) is 0 Å². The van der Waals surface area contributed by atoms with E-state index in [4.69, 9.17) is 10.7 Å². The third-order valence-corrected chi connectivity index (χ3v) is 7.36. The second kappa shape index (κ2) is 7.72. The summed E-state index contributed by atoms with van der Waals surface area (Å²) in [5.74, 6) is 1.42. The van der Waals surface area contributed by atoms with Crippen molar-refractivity contribution in [1.82, 2.24) is 9.88 Å². The summed E-state index contributed by atoms with van der Waals surface area (Å²) in [4.78, 5) is 12.1. The van der Waals surface area contributed by atoms with Gasteiger partial charge in [-0.25, -0.2) is 0 Å². The molecule has 3 heterocycles. The summed E-state index contributed by atoms with van der Waals surface area (Å²) in [6, 6.07) is 15.3. The summed E-state index contributed by atoms with van der Waals surface area (Å²) in [6.45, 7) is 0. The van der Waals surface area contributed by atoms with Gasteiger partial charge < -0.3 is 10.6 Å². The Hall–Kier alpha value is -3.24. The van der Waals surface area contributed by atoms with Crippen molar-refractivity contribution >= 4 is 11.4 Å². The molecule has 1 aromatic carbocycles. The Labute approximate surface area is 189 Å². The van der Waals surface area contributed by atoms with Crippen LogP contribution >= 0.6 is 0 Å². The van der Waals surface area contributed by atoms with Crippen LogP contribution < -0.4 is 5.73 Å². The summed E-state index contributed by atoms with van der Waals surface area (Å²) in [7, 11) is 0. The average Bonchev–Trinajstić information content (AvgIpc) is 3.22. The van der Waals surface area contributed by atoms with Gasteiger partial charge in [-0.3, -0.25) is 9.98 Å². The molecule has 1 saturated carbocycles. The minimum absolute atomic E-state index is 0.0827. The fraction of sp³-hybridized carbons (Fsp3) is 0.286. The average molecular weight is 421 g/mol. The molecule has 4 heteroatoms. The fourth-order valence-corrected chi connectivity index (χ4v) is 5.34. The van der Waals surface area contributed by atoms with Gasteiger partial charge in [0.05, 0.1) is 17.8 Å². The zero-order valence-corrected chi connectivity index (χ0v) is 18.1. The summed E-state index contributed by atoms with van der Waals surface area (Å²) >= 11 is 0. The van der Waals surface area contributed by atoms with Crippen LogP contribution in [0.2, 0.25) is 0 Å². The van der Waals surface area contributed by atoms with Crippen LogP contribution in [-0.2, 0) is 5.54 Å². The molecule has 0 amide bonds. The lowest BCUT2D eigenvalue weighted by Gasteiger charge is -2.39. The van der Waals surface area contributed by atoms with Crippen LogP contribution in [0.5, 0.6) is 0 Å². The van der Waals surface area contributed by atoms with Crippen molar-refractivity contribution in [3.8, 4) is 0 Å². The number of hydrogen-bond donors (Lipinski definition) is 1. The number of fused-ring (bicyclic) bond motifs is 1. The van der Waals surface area contributed by atoms with Crippen LogP contribution in [0.1, 0.15) is 48.5 Å². The lowest BCUT2D eigenvalue weighted by molar-refractivity contribution is 0.253. The first kappa shape index (κ1) is 19.4. The Kier molecular flexibility index (Phi) is 4.69. The molecule has 2 aliphatic heterocycles. The van der Waals surface area contributed by atoms with Gasteiger partial charge in [-0.15, -0.1) is 0 Å². The lowest BCUT2D eigenvalue weighted by Crippen LogP contribution is -2.43. The molecular weight excluding hydrogens is 392 g/mol. The highest BCUT2D eigenvalue weighted by Crippen LogP contribution is 2.43. The quantitative estimate of drug-likeness (QED) is 0.731. The predicted octanol–water partition coefficient (Wildman–Crippen LogP) is 5.29. The Morgan fingerprint density at radius 3 is 2.56 bits per heavy atom. The maximum absolute atomic E-state index is 6.56. The molecule has 3 unspecified atom stereocenters. The Balaban J connectivity index is 1.36. The van der Waals surface area contributed by atoms with Crippen LogP contribution in [0.4, 0.5) is 0 Å². The summed E-state index contributed by atoms with van der Waals surface area (Å²) in [6.07, 6.45) is 21.7. The van der Waals surface area contributed by atoms with Gasteiger partial charge >= 0.3 is 0 Å². The molecular formula is C28H28N4. The van der Waals surface area contributed by atoms with E-state index in [9.17, 15) is 0 Å². The lowest BCUT2D eigenvalue weighted by atomic mass is 9.72. The molecule has 0 spiro atoms. The van der Waals surface area contributed by atoms with E-state index in [1.807, 2.05) is 18.3 Å². The second-order valence-electron chi connectivity index (χ2n) is 9.31. The number of nitrogens with zero attached hydrogens (tertiary/aromatic N) is 3. The number of amidine groups is 1. The minimum Gasteiger partial charge on any atom is -0.326 e. The molecule has 4 nitrogen and oxygen atoms in total. The number of hydrogen-bond acceptors (Lipinski definition) is 4. The molecule has 0 saturated heterocycles. The molecule has 160 valence electrons. The first-order valence-electron chi connectivity index (χ1n) is 11.6. The van der Waals surface area contributed by atoms with Crippen LogP contribution in [0.3, 0.4) is 0 Å². The molecule has 2 aliphatic carbocycles. The van der Waals surface area contributed by atoms with E-state index < -0.39 is 0 Å². The molecule has 0 radical (unpaired) electrons. The summed E-state index contributed by atoms with van der Waals surface area (Å²) in [5, 5.41) is 0. The Bertz CT molecular complexity index is 1150. The Morgan fingerprint density at radius 1 is 1.00 bits per heavy atom. The van der Waals surface area contributed by atoms with Crippen molar-refractivity contribution < 1.29 is 0 Å². The van der Waals surface area contributed by atoms with Gasteiger partial charge in [0, 0.05) is 29.4 Å². The van der Waals surface area contributed by atoms with Crippen LogP contribution in [0, 0.1) is 5.92 Å².